The van der Waals surface area contributed by atoms with Crippen molar-refractivity contribution in [2.75, 3.05) is 44.2 Å². The maximum Gasteiger partial charge on any atom is 0.133 e. The summed E-state index contributed by atoms with van der Waals surface area (Å²) in [5, 5.41) is 3.42. The number of likely N-dealkylation sites (tertiary alicyclic amines) is 1. The molecule has 2 aliphatic rings. The van der Waals surface area contributed by atoms with E-state index in [1.165, 1.54) is 37.2 Å². The van der Waals surface area contributed by atoms with E-state index < -0.39 is 0 Å². The number of pyridine rings is 1. The van der Waals surface area contributed by atoms with Crippen molar-refractivity contribution in [3.8, 4) is 0 Å². The number of aromatic nitrogens is 1. The number of rotatable bonds is 3. The van der Waals surface area contributed by atoms with Crippen molar-refractivity contribution < 1.29 is 0 Å². The van der Waals surface area contributed by atoms with Crippen LogP contribution in [0.25, 0.3) is 0 Å². The quantitative estimate of drug-likeness (QED) is 0.914. The van der Waals surface area contributed by atoms with Crippen molar-refractivity contribution in [1.29, 1.82) is 0 Å². The first kappa shape index (κ1) is 13.8. The molecule has 0 aromatic carbocycles. The van der Waals surface area contributed by atoms with Crippen molar-refractivity contribution in [2.24, 2.45) is 0 Å². The molecule has 0 radical (unpaired) electrons. The molecule has 3 heterocycles. The van der Waals surface area contributed by atoms with Crippen molar-refractivity contribution in [2.45, 2.75) is 32.2 Å². The Morgan fingerprint density at radius 1 is 1.25 bits per heavy atom. The molecule has 0 aliphatic carbocycles. The Morgan fingerprint density at radius 3 is 2.90 bits per heavy atom. The molecule has 1 aromatic rings. The van der Waals surface area contributed by atoms with Gasteiger partial charge in [0.05, 0.1) is 0 Å². The van der Waals surface area contributed by atoms with Crippen LogP contribution in [-0.2, 0) is 0 Å². The van der Waals surface area contributed by atoms with Crippen LogP contribution in [-0.4, -0.2) is 49.2 Å². The third-order valence-corrected chi connectivity index (χ3v) is 4.61. The zero-order valence-electron chi connectivity index (χ0n) is 12.5. The molecule has 20 heavy (non-hydrogen) atoms. The highest BCUT2D eigenvalue weighted by molar-refractivity contribution is 5.49. The number of hydrogen-bond donors (Lipinski definition) is 1. The summed E-state index contributed by atoms with van der Waals surface area (Å²) >= 11 is 0. The summed E-state index contributed by atoms with van der Waals surface area (Å²) < 4.78 is 0. The molecule has 1 N–H and O–H groups in total. The van der Waals surface area contributed by atoms with Gasteiger partial charge in [0.1, 0.15) is 5.82 Å². The summed E-state index contributed by atoms with van der Waals surface area (Å²) in [5.41, 5.74) is 1.44. The monoisotopic (exact) mass is 274 g/mol. The third-order valence-electron chi connectivity index (χ3n) is 4.61. The van der Waals surface area contributed by atoms with Gasteiger partial charge in [-0.1, -0.05) is 19.4 Å². The van der Waals surface area contributed by atoms with Crippen LogP contribution in [0.2, 0.25) is 0 Å². The van der Waals surface area contributed by atoms with E-state index in [2.05, 4.69) is 34.2 Å². The van der Waals surface area contributed by atoms with Gasteiger partial charge in [-0.3, -0.25) is 4.90 Å². The average molecular weight is 274 g/mol. The maximum atomic E-state index is 4.72. The first-order valence-electron chi connectivity index (χ1n) is 8.05. The van der Waals surface area contributed by atoms with Crippen LogP contribution < -0.4 is 10.2 Å². The topological polar surface area (TPSA) is 31.4 Å². The zero-order valence-corrected chi connectivity index (χ0v) is 12.5. The van der Waals surface area contributed by atoms with E-state index in [9.17, 15) is 0 Å². The number of nitrogens with one attached hydrogen (secondary N) is 1. The Balaban J connectivity index is 1.87. The summed E-state index contributed by atoms with van der Waals surface area (Å²) in [7, 11) is 0. The van der Waals surface area contributed by atoms with E-state index >= 15 is 0 Å². The van der Waals surface area contributed by atoms with E-state index in [0.717, 1.165) is 32.7 Å². The second-order valence-electron chi connectivity index (χ2n) is 5.79. The first-order valence-corrected chi connectivity index (χ1v) is 8.05. The number of nitrogens with zero attached hydrogens (tertiary/aromatic N) is 3. The Bertz CT molecular complexity index is 428. The lowest BCUT2D eigenvalue weighted by atomic mass is 9.95. The fourth-order valence-electron chi connectivity index (χ4n) is 3.53. The lowest BCUT2D eigenvalue weighted by molar-refractivity contribution is 0.157. The SMILES string of the molecule is CCN1CCCC[C@H]1c1cccnc1N1CCNCC1. The van der Waals surface area contributed by atoms with Gasteiger partial charge < -0.3 is 10.2 Å². The summed E-state index contributed by atoms with van der Waals surface area (Å²) in [5.74, 6) is 1.22. The van der Waals surface area contributed by atoms with Gasteiger partial charge in [-0.25, -0.2) is 4.98 Å². The van der Waals surface area contributed by atoms with Gasteiger partial charge in [-0.05, 0) is 32.0 Å². The summed E-state index contributed by atoms with van der Waals surface area (Å²) in [6.07, 6.45) is 5.91. The second-order valence-corrected chi connectivity index (χ2v) is 5.79. The molecule has 4 nitrogen and oxygen atoms in total. The van der Waals surface area contributed by atoms with Crippen LogP contribution in [0, 0.1) is 0 Å². The molecular formula is C16H26N4. The highest BCUT2D eigenvalue weighted by Gasteiger charge is 2.27. The number of piperidine rings is 1. The van der Waals surface area contributed by atoms with Gasteiger partial charge in [0, 0.05) is 44.0 Å². The summed E-state index contributed by atoms with van der Waals surface area (Å²) in [6, 6.07) is 4.96. The van der Waals surface area contributed by atoms with E-state index in [1.54, 1.807) is 0 Å². The fourth-order valence-corrected chi connectivity index (χ4v) is 3.53. The molecule has 3 rings (SSSR count). The van der Waals surface area contributed by atoms with Crippen molar-refractivity contribution in [3.05, 3.63) is 23.9 Å². The highest BCUT2D eigenvalue weighted by atomic mass is 15.2. The molecule has 1 aromatic heterocycles. The minimum Gasteiger partial charge on any atom is -0.354 e. The maximum absolute atomic E-state index is 4.72. The normalized spacial score (nSPS) is 24.9. The van der Waals surface area contributed by atoms with Crippen LogP contribution in [0.15, 0.2) is 18.3 Å². The van der Waals surface area contributed by atoms with Crippen LogP contribution in [0.3, 0.4) is 0 Å². The summed E-state index contributed by atoms with van der Waals surface area (Å²) in [4.78, 5) is 9.79. The Labute approximate surface area is 122 Å². The van der Waals surface area contributed by atoms with Crippen molar-refractivity contribution in [3.63, 3.8) is 0 Å². The van der Waals surface area contributed by atoms with E-state index in [4.69, 9.17) is 4.98 Å². The molecule has 0 bridgehead atoms. The van der Waals surface area contributed by atoms with E-state index in [1.807, 2.05) is 6.20 Å². The molecule has 0 unspecified atom stereocenters. The molecule has 4 heteroatoms. The largest absolute Gasteiger partial charge is 0.354 e. The standard InChI is InChI=1S/C16H26N4/c1-2-19-11-4-3-7-15(19)14-6-5-8-18-16(14)20-12-9-17-10-13-20/h5-6,8,15,17H,2-4,7,9-13H2,1H3/t15-/m0/s1. The minimum absolute atomic E-state index is 0.562. The number of piperazine rings is 1. The van der Waals surface area contributed by atoms with Crippen LogP contribution in [0.1, 0.15) is 37.8 Å². The van der Waals surface area contributed by atoms with Gasteiger partial charge in [-0.2, -0.15) is 0 Å². The fraction of sp³-hybridized carbons (Fsp3) is 0.688. The molecule has 110 valence electrons. The number of hydrogen-bond acceptors (Lipinski definition) is 4. The molecule has 0 saturated carbocycles. The Hall–Kier alpha value is -1.13. The Kier molecular flexibility index (Phi) is 4.53. The lowest BCUT2D eigenvalue weighted by Gasteiger charge is -2.38. The number of anilines is 1. The van der Waals surface area contributed by atoms with Crippen LogP contribution >= 0.6 is 0 Å². The molecule has 1 atom stereocenters. The average Bonchev–Trinajstić information content (AvgIpc) is 2.55. The van der Waals surface area contributed by atoms with Gasteiger partial charge in [0.2, 0.25) is 0 Å². The Morgan fingerprint density at radius 2 is 2.10 bits per heavy atom. The minimum atomic E-state index is 0.562. The smallest absolute Gasteiger partial charge is 0.133 e. The van der Waals surface area contributed by atoms with Gasteiger partial charge in [-0.15, -0.1) is 0 Å². The third kappa shape index (κ3) is 2.81. The molecule has 2 aliphatic heterocycles. The highest BCUT2D eigenvalue weighted by Crippen LogP contribution is 2.35. The first-order chi connectivity index (χ1) is 9.90. The van der Waals surface area contributed by atoms with Crippen molar-refractivity contribution >= 4 is 5.82 Å². The molecule has 2 fully saturated rings. The van der Waals surface area contributed by atoms with E-state index in [0.29, 0.717) is 6.04 Å². The zero-order chi connectivity index (χ0) is 13.8. The van der Waals surface area contributed by atoms with Gasteiger partial charge in [0.25, 0.3) is 0 Å². The van der Waals surface area contributed by atoms with Crippen LogP contribution in [0.4, 0.5) is 5.82 Å². The lowest BCUT2D eigenvalue weighted by Crippen LogP contribution is -2.45. The predicted octanol–water partition coefficient (Wildman–Crippen LogP) is 2.04. The van der Waals surface area contributed by atoms with Crippen molar-refractivity contribution in [1.82, 2.24) is 15.2 Å². The predicted molar refractivity (Wildman–Crippen MR) is 83.2 cm³/mol. The molecule has 2 saturated heterocycles. The van der Waals surface area contributed by atoms with Gasteiger partial charge in [0.15, 0.2) is 0 Å². The van der Waals surface area contributed by atoms with E-state index in [-0.39, 0.29) is 0 Å². The second kappa shape index (κ2) is 6.55. The van der Waals surface area contributed by atoms with Gasteiger partial charge >= 0.3 is 0 Å². The summed E-state index contributed by atoms with van der Waals surface area (Å²) in [6.45, 7) is 8.93. The molecule has 0 amide bonds. The van der Waals surface area contributed by atoms with Crippen LogP contribution in [0.5, 0.6) is 0 Å². The molecular weight excluding hydrogens is 248 g/mol. The molecule has 0 spiro atoms.